The maximum Gasteiger partial charge on any atom is 0.110 e. The Balaban J connectivity index is 2.58. The summed E-state index contributed by atoms with van der Waals surface area (Å²) in [7, 11) is 0. The Morgan fingerprint density at radius 2 is 2.13 bits per heavy atom. The summed E-state index contributed by atoms with van der Waals surface area (Å²) >= 11 is 0. The Bertz CT molecular complexity index is 471. The van der Waals surface area contributed by atoms with Crippen LogP contribution in [-0.2, 0) is 6.54 Å². The molecule has 0 radical (unpaired) electrons. The van der Waals surface area contributed by atoms with Gasteiger partial charge in [-0.25, -0.2) is 4.98 Å². The van der Waals surface area contributed by atoms with Crippen molar-refractivity contribution in [2.24, 2.45) is 5.73 Å². The van der Waals surface area contributed by atoms with Gasteiger partial charge in [-0.1, -0.05) is 17.7 Å². The van der Waals surface area contributed by atoms with Crippen LogP contribution in [-0.4, -0.2) is 9.55 Å². The number of aromatic nitrogens is 2. The quantitative estimate of drug-likeness (QED) is 0.807. The molecule has 0 amide bonds. The zero-order valence-electron chi connectivity index (χ0n) is 9.07. The first kappa shape index (κ1) is 9.93. The normalized spacial score (nSPS) is 10.6. The predicted octanol–water partition coefficient (Wildman–Crippen LogP) is 1.95. The summed E-state index contributed by atoms with van der Waals surface area (Å²) in [6.07, 6.45) is 3.76. The fourth-order valence-corrected chi connectivity index (χ4v) is 1.75. The van der Waals surface area contributed by atoms with E-state index < -0.39 is 0 Å². The first-order chi connectivity index (χ1) is 7.22. The van der Waals surface area contributed by atoms with Crippen LogP contribution >= 0.6 is 0 Å². The van der Waals surface area contributed by atoms with Crippen LogP contribution in [0.15, 0.2) is 30.6 Å². The lowest BCUT2D eigenvalue weighted by Gasteiger charge is -2.11. The Morgan fingerprint density at radius 3 is 2.73 bits per heavy atom. The topological polar surface area (TPSA) is 43.8 Å². The number of imidazole rings is 1. The van der Waals surface area contributed by atoms with Crippen molar-refractivity contribution in [2.75, 3.05) is 0 Å². The van der Waals surface area contributed by atoms with Gasteiger partial charge in [0, 0.05) is 18.9 Å². The highest BCUT2D eigenvalue weighted by Gasteiger charge is 2.05. The summed E-state index contributed by atoms with van der Waals surface area (Å²) in [4.78, 5) is 4.21. The average molecular weight is 201 g/mol. The van der Waals surface area contributed by atoms with Gasteiger partial charge < -0.3 is 10.3 Å². The third-order valence-corrected chi connectivity index (χ3v) is 2.54. The summed E-state index contributed by atoms with van der Waals surface area (Å²) in [6, 6.07) is 6.30. The van der Waals surface area contributed by atoms with Crippen LogP contribution in [0.4, 0.5) is 0 Å². The van der Waals surface area contributed by atoms with E-state index in [0.29, 0.717) is 6.54 Å². The third-order valence-electron chi connectivity index (χ3n) is 2.54. The van der Waals surface area contributed by atoms with Crippen molar-refractivity contribution in [3.63, 3.8) is 0 Å². The van der Waals surface area contributed by atoms with Crippen LogP contribution in [0, 0.1) is 13.8 Å². The van der Waals surface area contributed by atoms with Crippen molar-refractivity contribution in [3.8, 4) is 5.69 Å². The van der Waals surface area contributed by atoms with Crippen molar-refractivity contribution >= 4 is 0 Å². The molecule has 1 heterocycles. The van der Waals surface area contributed by atoms with Gasteiger partial charge in [0.1, 0.15) is 5.82 Å². The van der Waals surface area contributed by atoms with Crippen molar-refractivity contribution in [1.29, 1.82) is 0 Å². The average Bonchev–Trinajstić information content (AvgIpc) is 2.64. The van der Waals surface area contributed by atoms with Gasteiger partial charge in [0.05, 0.1) is 5.69 Å². The molecule has 2 aromatic rings. The highest BCUT2D eigenvalue weighted by atomic mass is 15.1. The molecule has 2 rings (SSSR count). The standard InChI is InChI=1S/C12H15N3/c1-9-3-4-12(11(7-9)8-13)15-6-5-14-10(15)2/h3-7H,8,13H2,1-2H3. The molecule has 15 heavy (non-hydrogen) atoms. The molecule has 0 atom stereocenters. The van der Waals surface area contributed by atoms with Crippen molar-refractivity contribution in [2.45, 2.75) is 20.4 Å². The van der Waals surface area contributed by atoms with Gasteiger partial charge in [-0.2, -0.15) is 0 Å². The number of aryl methyl sites for hydroxylation is 2. The number of rotatable bonds is 2. The maximum absolute atomic E-state index is 5.74. The van der Waals surface area contributed by atoms with Gasteiger partial charge in [0.15, 0.2) is 0 Å². The monoisotopic (exact) mass is 201 g/mol. The Hall–Kier alpha value is -1.61. The molecule has 3 heteroatoms. The minimum atomic E-state index is 0.550. The van der Waals surface area contributed by atoms with E-state index in [4.69, 9.17) is 5.73 Å². The lowest BCUT2D eigenvalue weighted by atomic mass is 10.1. The van der Waals surface area contributed by atoms with Gasteiger partial charge in [0.2, 0.25) is 0 Å². The lowest BCUT2D eigenvalue weighted by Crippen LogP contribution is -2.05. The van der Waals surface area contributed by atoms with E-state index in [1.165, 1.54) is 5.56 Å². The van der Waals surface area contributed by atoms with E-state index in [0.717, 1.165) is 17.1 Å². The Labute approximate surface area is 89.6 Å². The summed E-state index contributed by atoms with van der Waals surface area (Å²) in [5.41, 5.74) is 9.25. The molecule has 0 aliphatic heterocycles. The first-order valence-corrected chi connectivity index (χ1v) is 5.02. The second-order valence-corrected chi connectivity index (χ2v) is 3.68. The molecule has 0 aliphatic rings. The number of nitrogens with zero attached hydrogens (tertiary/aromatic N) is 2. The molecule has 0 saturated carbocycles. The first-order valence-electron chi connectivity index (χ1n) is 5.02. The molecule has 2 N–H and O–H groups in total. The molecule has 0 aliphatic carbocycles. The Kier molecular flexibility index (Phi) is 2.56. The summed E-state index contributed by atoms with van der Waals surface area (Å²) in [6.45, 7) is 4.61. The van der Waals surface area contributed by atoms with E-state index in [1.807, 2.05) is 13.1 Å². The van der Waals surface area contributed by atoms with E-state index in [2.05, 4.69) is 34.7 Å². The van der Waals surface area contributed by atoms with Gasteiger partial charge in [-0.3, -0.25) is 0 Å². The van der Waals surface area contributed by atoms with E-state index in [-0.39, 0.29) is 0 Å². The number of hydrogen-bond acceptors (Lipinski definition) is 2. The molecule has 1 aromatic carbocycles. The fourth-order valence-electron chi connectivity index (χ4n) is 1.75. The van der Waals surface area contributed by atoms with Crippen molar-refractivity contribution in [3.05, 3.63) is 47.5 Å². The second kappa shape index (κ2) is 3.87. The summed E-state index contributed by atoms with van der Waals surface area (Å²) in [5.74, 6) is 0.980. The highest BCUT2D eigenvalue weighted by molar-refractivity contribution is 5.44. The van der Waals surface area contributed by atoms with E-state index in [1.54, 1.807) is 6.20 Å². The zero-order valence-corrected chi connectivity index (χ0v) is 9.07. The summed E-state index contributed by atoms with van der Waals surface area (Å²) in [5, 5.41) is 0. The van der Waals surface area contributed by atoms with Crippen LogP contribution in [0.3, 0.4) is 0 Å². The number of nitrogens with two attached hydrogens (primary N) is 1. The molecule has 0 spiro atoms. The van der Waals surface area contributed by atoms with Gasteiger partial charge in [-0.05, 0) is 25.5 Å². The molecule has 0 unspecified atom stereocenters. The lowest BCUT2D eigenvalue weighted by molar-refractivity contribution is 0.935. The van der Waals surface area contributed by atoms with Crippen LogP contribution < -0.4 is 5.73 Å². The van der Waals surface area contributed by atoms with Gasteiger partial charge >= 0.3 is 0 Å². The number of hydrogen-bond donors (Lipinski definition) is 1. The van der Waals surface area contributed by atoms with Crippen molar-refractivity contribution in [1.82, 2.24) is 9.55 Å². The minimum Gasteiger partial charge on any atom is -0.326 e. The molecule has 0 fully saturated rings. The fraction of sp³-hybridized carbons (Fsp3) is 0.250. The highest BCUT2D eigenvalue weighted by Crippen LogP contribution is 2.17. The number of benzene rings is 1. The van der Waals surface area contributed by atoms with E-state index in [9.17, 15) is 0 Å². The maximum atomic E-state index is 5.74. The molecule has 0 bridgehead atoms. The molecular weight excluding hydrogens is 186 g/mol. The smallest absolute Gasteiger partial charge is 0.110 e. The van der Waals surface area contributed by atoms with Gasteiger partial charge in [0.25, 0.3) is 0 Å². The minimum absolute atomic E-state index is 0.550. The molecule has 3 nitrogen and oxygen atoms in total. The van der Waals surface area contributed by atoms with Crippen molar-refractivity contribution < 1.29 is 0 Å². The third kappa shape index (κ3) is 1.78. The van der Waals surface area contributed by atoms with Gasteiger partial charge in [-0.15, -0.1) is 0 Å². The molecule has 0 saturated heterocycles. The van der Waals surface area contributed by atoms with Crippen LogP contribution in [0.1, 0.15) is 17.0 Å². The van der Waals surface area contributed by atoms with Crippen LogP contribution in [0.2, 0.25) is 0 Å². The predicted molar refractivity (Wildman–Crippen MR) is 60.9 cm³/mol. The zero-order chi connectivity index (χ0) is 10.8. The van der Waals surface area contributed by atoms with Crippen LogP contribution in [0.5, 0.6) is 0 Å². The second-order valence-electron chi connectivity index (χ2n) is 3.68. The van der Waals surface area contributed by atoms with Crippen LogP contribution in [0.25, 0.3) is 5.69 Å². The molecular formula is C12H15N3. The largest absolute Gasteiger partial charge is 0.326 e. The SMILES string of the molecule is Cc1ccc(-n2ccnc2C)c(CN)c1. The molecule has 78 valence electrons. The molecule has 1 aromatic heterocycles. The summed E-state index contributed by atoms with van der Waals surface area (Å²) < 4.78 is 2.06. The van der Waals surface area contributed by atoms with E-state index >= 15 is 0 Å². The Morgan fingerprint density at radius 1 is 1.33 bits per heavy atom.